The predicted octanol–water partition coefficient (Wildman–Crippen LogP) is 2.03. The van der Waals surface area contributed by atoms with Crippen molar-refractivity contribution in [1.29, 1.82) is 0 Å². The fourth-order valence-electron chi connectivity index (χ4n) is 3.68. The highest BCUT2D eigenvalue weighted by Crippen LogP contribution is 2.24. The first-order valence-corrected chi connectivity index (χ1v) is 8.92. The van der Waals surface area contributed by atoms with E-state index in [0.717, 1.165) is 48.6 Å². The highest BCUT2D eigenvalue weighted by molar-refractivity contribution is 5.95. The smallest absolute Gasteiger partial charge is 0.241 e. The summed E-state index contributed by atoms with van der Waals surface area (Å²) in [4.78, 5) is 15.1. The van der Waals surface area contributed by atoms with Crippen molar-refractivity contribution in [2.45, 2.75) is 59.2 Å². The van der Waals surface area contributed by atoms with Crippen LogP contribution >= 0.6 is 0 Å². The van der Waals surface area contributed by atoms with Crippen LogP contribution in [0.15, 0.2) is 12.4 Å². The zero-order valence-electron chi connectivity index (χ0n) is 15.8. The van der Waals surface area contributed by atoms with Crippen molar-refractivity contribution in [1.82, 2.24) is 24.5 Å². The molecule has 1 aliphatic rings. The van der Waals surface area contributed by atoms with E-state index in [4.69, 9.17) is 0 Å². The van der Waals surface area contributed by atoms with Crippen molar-refractivity contribution >= 4 is 11.6 Å². The molecular weight excluding hydrogens is 316 g/mol. The third kappa shape index (κ3) is 3.61. The standard InChI is InChI=1S/C18H28N6O/c1-12-9-19-23(10-12)11-16-7-6-8-24(16)15(4)18(25)20-17-13(2)21-22(5)14(17)3/h9-10,15-16H,6-8,11H2,1-5H3,(H,20,25). The van der Waals surface area contributed by atoms with Crippen molar-refractivity contribution < 1.29 is 4.79 Å². The van der Waals surface area contributed by atoms with Gasteiger partial charge in [-0.1, -0.05) is 0 Å². The van der Waals surface area contributed by atoms with Crippen molar-refractivity contribution in [2.75, 3.05) is 11.9 Å². The van der Waals surface area contributed by atoms with Gasteiger partial charge in [0.05, 0.1) is 35.9 Å². The van der Waals surface area contributed by atoms with Crippen molar-refractivity contribution in [3.05, 3.63) is 29.3 Å². The Balaban J connectivity index is 1.68. The van der Waals surface area contributed by atoms with Crippen LogP contribution in [0.2, 0.25) is 0 Å². The molecule has 2 unspecified atom stereocenters. The largest absolute Gasteiger partial charge is 0.322 e. The number of hydrogen-bond donors (Lipinski definition) is 1. The highest BCUT2D eigenvalue weighted by Gasteiger charge is 2.32. The number of hydrogen-bond acceptors (Lipinski definition) is 4. The number of rotatable bonds is 5. The molecule has 0 bridgehead atoms. The molecule has 0 aliphatic carbocycles. The zero-order chi connectivity index (χ0) is 18.1. The minimum absolute atomic E-state index is 0.0303. The molecule has 3 rings (SSSR count). The van der Waals surface area contributed by atoms with Gasteiger partial charge in [-0.05, 0) is 52.6 Å². The van der Waals surface area contributed by atoms with Gasteiger partial charge in [0.1, 0.15) is 0 Å². The molecule has 2 atom stereocenters. The molecule has 1 fully saturated rings. The van der Waals surface area contributed by atoms with E-state index in [1.165, 1.54) is 0 Å². The zero-order valence-corrected chi connectivity index (χ0v) is 15.8. The minimum Gasteiger partial charge on any atom is -0.322 e. The Hall–Kier alpha value is -2.15. The van der Waals surface area contributed by atoms with Gasteiger partial charge >= 0.3 is 0 Å². The third-order valence-corrected chi connectivity index (χ3v) is 5.22. The van der Waals surface area contributed by atoms with Crippen molar-refractivity contribution in [3.63, 3.8) is 0 Å². The van der Waals surface area contributed by atoms with E-state index < -0.39 is 0 Å². The molecule has 1 saturated heterocycles. The Kier molecular flexibility index (Phi) is 4.94. The van der Waals surface area contributed by atoms with Gasteiger partial charge in [-0.15, -0.1) is 0 Å². The first-order chi connectivity index (χ1) is 11.9. The second-order valence-corrected chi connectivity index (χ2v) is 7.11. The van der Waals surface area contributed by atoms with Gasteiger partial charge in [0.15, 0.2) is 0 Å². The predicted molar refractivity (Wildman–Crippen MR) is 97.5 cm³/mol. The van der Waals surface area contributed by atoms with Crippen LogP contribution < -0.4 is 5.32 Å². The number of carbonyl (C=O) groups excluding carboxylic acids is 1. The molecule has 136 valence electrons. The lowest BCUT2D eigenvalue weighted by molar-refractivity contribution is -0.121. The van der Waals surface area contributed by atoms with Crippen LogP contribution in [0.1, 0.15) is 36.7 Å². The van der Waals surface area contributed by atoms with E-state index in [0.29, 0.717) is 6.04 Å². The molecule has 7 nitrogen and oxygen atoms in total. The first kappa shape index (κ1) is 17.7. The summed E-state index contributed by atoms with van der Waals surface area (Å²) in [6.45, 7) is 9.71. The van der Waals surface area contributed by atoms with Crippen LogP contribution in [0.3, 0.4) is 0 Å². The molecule has 0 aromatic carbocycles. The SMILES string of the molecule is Cc1cnn(CC2CCCN2C(C)C(=O)Nc2c(C)nn(C)c2C)c1. The van der Waals surface area contributed by atoms with Crippen LogP contribution in [-0.4, -0.2) is 49.0 Å². The summed E-state index contributed by atoms with van der Waals surface area (Å²) >= 11 is 0. The van der Waals surface area contributed by atoms with E-state index in [-0.39, 0.29) is 11.9 Å². The van der Waals surface area contributed by atoms with Gasteiger partial charge in [0, 0.05) is 19.3 Å². The van der Waals surface area contributed by atoms with Gasteiger partial charge in [0.25, 0.3) is 0 Å². The molecule has 1 N–H and O–H groups in total. The second kappa shape index (κ2) is 7.00. The van der Waals surface area contributed by atoms with Crippen LogP contribution in [-0.2, 0) is 18.4 Å². The maximum absolute atomic E-state index is 12.8. The average Bonchev–Trinajstić information content (AvgIpc) is 3.24. The number of likely N-dealkylation sites (tertiary alicyclic amines) is 1. The lowest BCUT2D eigenvalue weighted by Crippen LogP contribution is -2.46. The topological polar surface area (TPSA) is 68.0 Å². The number of aromatic nitrogens is 4. The van der Waals surface area contributed by atoms with Gasteiger partial charge < -0.3 is 5.32 Å². The molecule has 1 amide bonds. The number of nitrogens with zero attached hydrogens (tertiary/aromatic N) is 5. The number of aryl methyl sites for hydroxylation is 3. The number of carbonyl (C=O) groups is 1. The average molecular weight is 344 g/mol. The molecule has 7 heteroatoms. The van der Waals surface area contributed by atoms with Crippen LogP contribution in [0, 0.1) is 20.8 Å². The van der Waals surface area contributed by atoms with Gasteiger partial charge in [-0.25, -0.2) is 0 Å². The molecule has 3 heterocycles. The molecule has 25 heavy (non-hydrogen) atoms. The Morgan fingerprint density at radius 1 is 1.40 bits per heavy atom. The fraction of sp³-hybridized carbons (Fsp3) is 0.611. The Morgan fingerprint density at radius 2 is 2.16 bits per heavy atom. The number of anilines is 1. The summed E-state index contributed by atoms with van der Waals surface area (Å²) in [5, 5.41) is 11.8. The lowest BCUT2D eigenvalue weighted by atomic mass is 10.1. The molecule has 2 aromatic heterocycles. The molecule has 0 spiro atoms. The van der Waals surface area contributed by atoms with Crippen LogP contribution in [0.5, 0.6) is 0 Å². The Labute approximate surface area is 149 Å². The fourth-order valence-corrected chi connectivity index (χ4v) is 3.68. The maximum atomic E-state index is 12.8. The Bertz CT molecular complexity index is 762. The van der Waals surface area contributed by atoms with Gasteiger partial charge in [-0.3, -0.25) is 19.1 Å². The summed E-state index contributed by atoms with van der Waals surface area (Å²) < 4.78 is 3.78. The number of amides is 1. The van der Waals surface area contributed by atoms with E-state index in [1.807, 2.05) is 45.6 Å². The Morgan fingerprint density at radius 3 is 2.76 bits per heavy atom. The summed E-state index contributed by atoms with van der Waals surface area (Å²) in [6.07, 6.45) is 6.15. The molecular formula is C18H28N6O. The van der Waals surface area contributed by atoms with Crippen LogP contribution in [0.25, 0.3) is 0 Å². The molecule has 1 aliphatic heterocycles. The van der Waals surface area contributed by atoms with Gasteiger partial charge in [-0.2, -0.15) is 10.2 Å². The molecule has 2 aromatic rings. The van der Waals surface area contributed by atoms with Crippen LogP contribution in [0.4, 0.5) is 5.69 Å². The summed E-state index contributed by atoms with van der Waals surface area (Å²) in [6, 6.07) is 0.166. The summed E-state index contributed by atoms with van der Waals surface area (Å²) in [5.41, 5.74) is 3.82. The van der Waals surface area contributed by atoms with E-state index >= 15 is 0 Å². The van der Waals surface area contributed by atoms with E-state index in [1.54, 1.807) is 4.68 Å². The van der Waals surface area contributed by atoms with Gasteiger partial charge in [0.2, 0.25) is 5.91 Å². The monoisotopic (exact) mass is 344 g/mol. The molecule has 0 saturated carbocycles. The summed E-state index contributed by atoms with van der Waals surface area (Å²) in [5.74, 6) is 0.0303. The summed E-state index contributed by atoms with van der Waals surface area (Å²) in [7, 11) is 1.89. The first-order valence-electron chi connectivity index (χ1n) is 8.92. The van der Waals surface area contributed by atoms with Crippen molar-refractivity contribution in [2.24, 2.45) is 7.05 Å². The third-order valence-electron chi connectivity index (χ3n) is 5.22. The highest BCUT2D eigenvalue weighted by atomic mass is 16.2. The second-order valence-electron chi connectivity index (χ2n) is 7.11. The van der Waals surface area contributed by atoms with E-state index in [9.17, 15) is 4.79 Å². The normalized spacial score (nSPS) is 19.3. The molecule has 0 radical (unpaired) electrons. The van der Waals surface area contributed by atoms with Crippen molar-refractivity contribution in [3.8, 4) is 0 Å². The van der Waals surface area contributed by atoms with E-state index in [2.05, 4.69) is 26.6 Å². The maximum Gasteiger partial charge on any atom is 0.241 e. The lowest BCUT2D eigenvalue weighted by Gasteiger charge is -2.29. The number of nitrogens with one attached hydrogen (secondary N) is 1. The minimum atomic E-state index is -0.178. The quantitative estimate of drug-likeness (QED) is 0.901.